The molecule has 176 valence electrons. The number of aryl methyl sites for hydroxylation is 1. The predicted octanol–water partition coefficient (Wildman–Crippen LogP) is 2.71. The fourth-order valence-electron chi connectivity index (χ4n) is 3.11. The fraction of sp³-hybridized carbons (Fsp3) is 0.227. The number of amides is 1. The number of nitrogens with zero attached hydrogens (tertiary/aromatic N) is 5. The second kappa shape index (κ2) is 10.5. The number of pyridine rings is 1. The first kappa shape index (κ1) is 23.5. The van der Waals surface area contributed by atoms with Gasteiger partial charge in [-0.25, -0.2) is 24.0 Å². The van der Waals surface area contributed by atoms with Crippen molar-refractivity contribution in [1.82, 2.24) is 24.7 Å². The zero-order valence-corrected chi connectivity index (χ0v) is 18.7. The summed E-state index contributed by atoms with van der Waals surface area (Å²) < 4.78 is 26.5. The van der Waals surface area contributed by atoms with E-state index in [2.05, 4.69) is 25.4 Å². The van der Waals surface area contributed by atoms with Crippen LogP contribution in [0, 0.1) is 12.7 Å². The molecule has 4 aromatic rings. The van der Waals surface area contributed by atoms with Crippen molar-refractivity contribution in [3.8, 4) is 11.6 Å². The number of halogens is 2. The number of aliphatic hydroxyl groups excluding tert-OH is 1. The third-order valence-corrected chi connectivity index (χ3v) is 4.98. The van der Waals surface area contributed by atoms with Crippen LogP contribution in [0.5, 0.6) is 5.88 Å². The second-order valence-corrected chi connectivity index (χ2v) is 7.60. The maximum absolute atomic E-state index is 13.8. The molecule has 0 unspecified atom stereocenters. The molecule has 3 aromatic heterocycles. The van der Waals surface area contributed by atoms with Gasteiger partial charge in [-0.1, -0.05) is 17.7 Å². The Morgan fingerprint density at radius 3 is 2.85 bits per heavy atom. The zero-order valence-electron chi connectivity index (χ0n) is 18.0. The van der Waals surface area contributed by atoms with Crippen molar-refractivity contribution in [1.29, 1.82) is 0 Å². The molecule has 0 spiro atoms. The molecule has 1 atom stereocenters. The van der Waals surface area contributed by atoms with Gasteiger partial charge in [-0.2, -0.15) is 5.10 Å². The van der Waals surface area contributed by atoms with Crippen LogP contribution in [-0.4, -0.2) is 61.7 Å². The molecule has 34 heavy (non-hydrogen) atoms. The lowest BCUT2D eigenvalue weighted by atomic mass is 10.2. The molecule has 10 nitrogen and oxygen atoms in total. The van der Waals surface area contributed by atoms with E-state index in [-0.39, 0.29) is 31.5 Å². The van der Waals surface area contributed by atoms with Gasteiger partial charge in [0.25, 0.3) is 5.91 Å². The van der Waals surface area contributed by atoms with Gasteiger partial charge in [-0.15, -0.1) is 0 Å². The van der Waals surface area contributed by atoms with Crippen LogP contribution in [0.2, 0.25) is 5.02 Å². The third-order valence-electron chi connectivity index (χ3n) is 4.76. The number of anilines is 1. The zero-order chi connectivity index (χ0) is 24.1. The first-order valence-electron chi connectivity index (χ1n) is 10.2. The Labute approximate surface area is 198 Å². The van der Waals surface area contributed by atoms with Crippen LogP contribution < -0.4 is 10.1 Å². The van der Waals surface area contributed by atoms with E-state index in [1.165, 1.54) is 35.5 Å². The Kier molecular flexibility index (Phi) is 7.26. The number of rotatable bonds is 9. The van der Waals surface area contributed by atoms with Crippen LogP contribution >= 0.6 is 11.6 Å². The molecule has 12 heteroatoms. The van der Waals surface area contributed by atoms with Crippen molar-refractivity contribution in [3.05, 3.63) is 65.5 Å². The molecule has 0 fully saturated rings. The molecule has 0 bridgehead atoms. The van der Waals surface area contributed by atoms with E-state index in [0.29, 0.717) is 21.7 Å². The summed E-state index contributed by atoms with van der Waals surface area (Å²) in [6.07, 6.45) is 2.99. The van der Waals surface area contributed by atoms with E-state index in [1.807, 2.05) is 6.92 Å². The molecular formula is C22H20ClFN6O4. The van der Waals surface area contributed by atoms with Crippen LogP contribution in [-0.2, 0) is 9.53 Å². The fourth-order valence-corrected chi connectivity index (χ4v) is 3.22. The predicted molar refractivity (Wildman–Crippen MR) is 122 cm³/mol. The van der Waals surface area contributed by atoms with Crippen molar-refractivity contribution in [2.75, 3.05) is 25.1 Å². The molecule has 0 aliphatic heterocycles. The molecule has 2 N–H and O–H groups in total. The van der Waals surface area contributed by atoms with Crippen molar-refractivity contribution in [2.24, 2.45) is 0 Å². The standard InChI is InChI=1S/C22H20ClFN6O4/c1-13-2-4-15(24)8-17(13)30-20-16(10-28-30)22(27-12-26-20)34-18(11-33-7-6-31)21(32)29-19-5-3-14(23)9-25-19/h2-5,8-10,12,18,31H,6-7,11H2,1H3,(H,25,29,32)/t18-/m0/s1. The number of benzene rings is 1. The van der Waals surface area contributed by atoms with Gasteiger partial charge in [-0.3, -0.25) is 4.79 Å². The van der Waals surface area contributed by atoms with Gasteiger partial charge in [-0.05, 0) is 36.8 Å². The summed E-state index contributed by atoms with van der Waals surface area (Å²) in [5.74, 6) is -0.606. The molecule has 1 amide bonds. The molecule has 0 aliphatic carbocycles. The highest BCUT2D eigenvalue weighted by Crippen LogP contribution is 2.26. The van der Waals surface area contributed by atoms with Crippen LogP contribution in [0.4, 0.5) is 10.2 Å². The van der Waals surface area contributed by atoms with Gasteiger partial charge in [0.2, 0.25) is 12.0 Å². The summed E-state index contributed by atoms with van der Waals surface area (Å²) in [6, 6.07) is 7.47. The minimum Gasteiger partial charge on any atom is -0.461 e. The lowest BCUT2D eigenvalue weighted by Gasteiger charge is -2.18. The van der Waals surface area contributed by atoms with E-state index in [9.17, 15) is 9.18 Å². The molecule has 0 radical (unpaired) electrons. The number of aliphatic hydroxyl groups is 1. The lowest BCUT2D eigenvalue weighted by molar-refractivity contribution is -0.125. The van der Waals surface area contributed by atoms with E-state index in [4.69, 9.17) is 26.2 Å². The molecule has 4 rings (SSSR count). The van der Waals surface area contributed by atoms with Crippen LogP contribution in [0.1, 0.15) is 5.56 Å². The number of nitrogens with one attached hydrogen (secondary N) is 1. The van der Waals surface area contributed by atoms with Crippen LogP contribution in [0.25, 0.3) is 16.7 Å². The van der Waals surface area contributed by atoms with E-state index in [0.717, 1.165) is 5.56 Å². The second-order valence-electron chi connectivity index (χ2n) is 7.16. The van der Waals surface area contributed by atoms with Gasteiger partial charge in [0.1, 0.15) is 23.3 Å². The number of carbonyl (C=O) groups is 1. The van der Waals surface area contributed by atoms with Gasteiger partial charge in [0.15, 0.2) is 5.65 Å². The first-order chi connectivity index (χ1) is 16.5. The number of fused-ring (bicyclic) bond motifs is 1. The quantitative estimate of drug-likeness (QED) is 0.346. The average Bonchev–Trinajstić information content (AvgIpc) is 3.26. The van der Waals surface area contributed by atoms with E-state index >= 15 is 0 Å². The van der Waals surface area contributed by atoms with Crippen molar-refractivity contribution in [3.63, 3.8) is 0 Å². The molecule has 3 heterocycles. The highest BCUT2D eigenvalue weighted by atomic mass is 35.5. The summed E-state index contributed by atoms with van der Waals surface area (Å²) in [7, 11) is 0. The number of hydrogen-bond donors (Lipinski definition) is 2. The van der Waals surface area contributed by atoms with Crippen LogP contribution in [0.15, 0.2) is 49.1 Å². The molecule has 0 saturated carbocycles. The van der Waals surface area contributed by atoms with Gasteiger partial charge >= 0.3 is 0 Å². The minimum absolute atomic E-state index is 0.0162. The van der Waals surface area contributed by atoms with E-state index in [1.54, 1.807) is 18.2 Å². The molecule has 0 saturated heterocycles. The molecule has 0 aliphatic rings. The van der Waals surface area contributed by atoms with Crippen molar-refractivity contribution in [2.45, 2.75) is 13.0 Å². The first-order valence-corrected chi connectivity index (χ1v) is 10.6. The maximum Gasteiger partial charge on any atom is 0.269 e. The Bertz CT molecular complexity index is 1300. The smallest absolute Gasteiger partial charge is 0.269 e. The summed E-state index contributed by atoms with van der Waals surface area (Å²) in [4.78, 5) is 25.3. The summed E-state index contributed by atoms with van der Waals surface area (Å²) in [5, 5.41) is 16.8. The normalized spacial score (nSPS) is 12.0. The summed E-state index contributed by atoms with van der Waals surface area (Å²) in [5.41, 5.74) is 1.67. The van der Waals surface area contributed by atoms with Gasteiger partial charge in [0.05, 0.1) is 36.7 Å². The molecule has 1 aromatic carbocycles. The summed E-state index contributed by atoms with van der Waals surface area (Å²) >= 11 is 5.84. The topological polar surface area (TPSA) is 124 Å². The Balaban J connectivity index is 1.62. The maximum atomic E-state index is 13.8. The highest BCUT2D eigenvalue weighted by Gasteiger charge is 2.24. The third kappa shape index (κ3) is 5.28. The lowest BCUT2D eigenvalue weighted by Crippen LogP contribution is -2.37. The number of carbonyl (C=O) groups excluding carboxylic acids is 1. The Hall–Kier alpha value is -3.67. The monoisotopic (exact) mass is 486 g/mol. The van der Waals surface area contributed by atoms with Crippen molar-refractivity contribution < 1.29 is 23.8 Å². The molecular weight excluding hydrogens is 467 g/mol. The minimum atomic E-state index is -1.14. The highest BCUT2D eigenvalue weighted by molar-refractivity contribution is 6.30. The van der Waals surface area contributed by atoms with E-state index < -0.39 is 17.8 Å². The largest absolute Gasteiger partial charge is 0.461 e. The number of aromatic nitrogens is 5. The Morgan fingerprint density at radius 1 is 1.24 bits per heavy atom. The average molecular weight is 487 g/mol. The van der Waals surface area contributed by atoms with Crippen LogP contribution in [0.3, 0.4) is 0 Å². The number of ether oxygens (including phenoxy) is 2. The van der Waals surface area contributed by atoms with Gasteiger partial charge in [0, 0.05) is 6.20 Å². The SMILES string of the molecule is Cc1ccc(F)cc1-n1ncc2c(O[C@@H](COCCO)C(=O)Nc3ccc(Cl)cn3)ncnc21. The summed E-state index contributed by atoms with van der Waals surface area (Å²) in [6.45, 7) is 1.46. The van der Waals surface area contributed by atoms with Gasteiger partial charge < -0.3 is 19.9 Å². The number of hydrogen-bond acceptors (Lipinski definition) is 8. The Morgan fingerprint density at radius 2 is 2.09 bits per heavy atom. The van der Waals surface area contributed by atoms with Crippen molar-refractivity contribution >= 4 is 34.4 Å².